The van der Waals surface area contributed by atoms with Crippen molar-refractivity contribution in [2.24, 2.45) is 17.8 Å². The van der Waals surface area contributed by atoms with Crippen LogP contribution in [0.15, 0.2) is 48.7 Å². The number of H-pyrrole nitrogens is 1. The number of halogens is 1. The van der Waals surface area contributed by atoms with E-state index >= 15 is 0 Å². The van der Waals surface area contributed by atoms with Gasteiger partial charge in [-0.2, -0.15) is 0 Å². The third-order valence-corrected chi connectivity index (χ3v) is 8.18. The van der Waals surface area contributed by atoms with E-state index in [1.165, 1.54) is 7.05 Å². The normalized spacial score (nSPS) is 20.2. The van der Waals surface area contributed by atoms with Gasteiger partial charge in [0.05, 0.1) is 26.0 Å². The highest BCUT2D eigenvalue weighted by molar-refractivity contribution is 6.31. The summed E-state index contributed by atoms with van der Waals surface area (Å²) in [5.74, 6) is -1.04. The van der Waals surface area contributed by atoms with Crippen molar-refractivity contribution < 1.29 is 23.9 Å². The third-order valence-electron chi connectivity index (χ3n) is 7.95. The molecule has 0 bridgehead atoms. The van der Waals surface area contributed by atoms with Crippen molar-refractivity contribution in [1.82, 2.24) is 25.4 Å². The molecule has 10 nitrogen and oxygen atoms in total. The number of amides is 4. The fraction of sp³-hybridized carbons (Fsp3) is 0.379. The van der Waals surface area contributed by atoms with Crippen molar-refractivity contribution in [3.05, 3.63) is 64.8 Å². The first-order valence-electron chi connectivity index (χ1n) is 13.2. The highest BCUT2D eigenvalue weighted by Gasteiger charge is 2.47. The number of carbonyl (C=O) groups is 4. The summed E-state index contributed by atoms with van der Waals surface area (Å²) in [6.45, 7) is 1.33. The highest BCUT2D eigenvalue weighted by Crippen LogP contribution is 2.37. The summed E-state index contributed by atoms with van der Waals surface area (Å²) in [6.07, 6.45) is 1.97. The van der Waals surface area contributed by atoms with Crippen molar-refractivity contribution in [2.75, 3.05) is 46.9 Å². The first kappa shape index (κ1) is 27.5. The van der Waals surface area contributed by atoms with Crippen molar-refractivity contribution in [3.8, 4) is 5.75 Å². The molecule has 210 valence electrons. The fourth-order valence-electron chi connectivity index (χ4n) is 5.83. The number of carbonyl (C=O) groups excluding carboxylic acids is 4. The highest BCUT2D eigenvalue weighted by atomic mass is 35.5. The second kappa shape index (κ2) is 11.6. The molecule has 5 rings (SSSR count). The molecule has 3 N–H and O–H groups in total. The Kier molecular flexibility index (Phi) is 7.97. The molecule has 0 radical (unpaired) electrons. The fourth-order valence-corrected chi connectivity index (χ4v) is 6.00. The summed E-state index contributed by atoms with van der Waals surface area (Å²) in [6, 6.07) is 12.5. The Bertz CT molecular complexity index is 1460. The smallest absolute Gasteiger partial charge is 0.254 e. The van der Waals surface area contributed by atoms with Crippen LogP contribution in [0.4, 0.5) is 0 Å². The van der Waals surface area contributed by atoms with Crippen molar-refractivity contribution >= 4 is 46.1 Å². The summed E-state index contributed by atoms with van der Waals surface area (Å²) in [5, 5.41) is 6.74. The monoisotopic (exact) mass is 565 g/mol. The van der Waals surface area contributed by atoms with E-state index in [9.17, 15) is 19.2 Å². The molecule has 2 saturated heterocycles. The van der Waals surface area contributed by atoms with Gasteiger partial charge in [0.25, 0.3) is 5.91 Å². The van der Waals surface area contributed by atoms with E-state index in [2.05, 4.69) is 15.6 Å². The zero-order valence-electron chi connectivity index (χ0n) is 22.4. The van der Waals surface area contributed by atoms with E-state index in [1.807, 2.05) is 18.3 Å². The molecule has 2 aliphatic heterocycles. The summed E-state index contributed by atoms with van der Waals surface area (Å²) < 4.78 is 5.27. The molecule has 0 saturated carbocycles. The lowest BCUT2D eigenvalue weighted by atomic mass is 9.79. The Balaban J connectivity index is 1.35. The van der Waals surface area contributed by atoms with E-state index in [0.29, 0.717) is 36.0 Å². The Morgan fingerprint density at radius 2 is 1.85 bits per heavy atom. The lowest BCUT2D eigenvalue weighted by molar-refractivity contribution is -0.139. The number of aromatic nitrogens is 1. The van der Waals surface area contributed by atoms with Crippen molar-refractivity contribution in [1.29, 1.82) is 0 Å². The zero-order chi connectivity index (χ0) is 28.4. The average Bonchev–Trinajstić information content (AvgIpc) is 3.58. The van der Waals surface area contributed by atoms with Crippen LogP contribution in [0, 0.1) is 17.8 Å². The molecule has 3 heterocycles. The van der Waals surface area contributed by atoms with Crippen LogP contribution in [-0.2, 0) is 20.8 Å². The number of hydrogen-bond acceptors (Lipinski definition) is 5. The molecule has 3 atom stereocenters. The minimum atomic E-state index is -0.558. The second-order valence-electron chi connectivity index (χ2n) is 10.3. The van der Waals surface area contributed by atoms with Crippen LogP contribution in [0.25, 0.3) is 10.9 Å². The number of likely N-dealkylation sites (N-methyl/N-ethyl adjacent to an activating group) is 1. The van der Waals surface area contributed by atoms with Crippen molar-refractivity contribution in [3.63, 3.8) is 0 Å². The van der Waals surface area contributed by atoms with Gasteiger partial charge in [0.1, 0.15) is 5.75 Å². The lowest BCUT2D eigenvalue weighted by Gasteiger charge is -2.39. The molecule has 3 unspecified atom stereocenters. The summed E-state index contributed by atoms with van der Waals surface area (Å²) in [4.78, 5) is 58.7. The maximum absolute atomic E-state index is 13.5. The zero-order valence-corrected chi connectivity index (χ0v) is 23.2. The van der Waals surface area contributed by atoms with Gasteiger partial charge in [-0.05, 0) is 47.7 Å². The van der Waals surface area contributed by atoms with E-state index in [4.69, 9.17) is 16.3 Å². The minimum absolute atomic E-state index is 0.0789. The maximum atomic E-state index is 13.5. The van der Waals surface area contributed by atoms with Crippen LogP contribution in [0.2, 0.25) is 5.02 Å². The summed E-state index contributed by atoms with van der Waals surface area (Å²) in [7, 11) is 3.05. The molecule has 0 aliphatic carbocycles. The molecule has 40 heavy (non-hydrogen) atoms. The number of methoxy groups -OCH3 is 1. The first-order chi connectivity index (χ1) is 19.3. The van der Waals surface area contributed by atoms with Gasteiger partial charge >= 0.3 is 0 Å². The lowest BCUT2D eigenvalue weighted by Crippen LogP contribution is -2.54. The SMILES string of the molecule is CNC(=O)CNC(=O)C1CN(C(=O)Cc2c[nH]c3cc(Cl)ccc23)CC2CN(C(=O)c3cccc(OC)c3)CC21. The number of nitrogens with one attached hydrogen (secondary N) is 3. The summed E-state index contributed by atoms with van der Waals surface area (Å²) >= 11 is 6.10. The number of ether oxygens (including phenoxy) is 1. The molecule has 1 aromatic heterocycles. The molecule has 4 amide bonds. The van der Waals surface area contributed by atoms with E-state index < -0.39 is 5.92 Å². The predicted molar refractivity (Wildman–Crippen MR) is 150 cm³/mol. The minimum Gasteiger partial charge on any atom is -0.497 e. The van der Waals surface area contributed by atoms with Gasteiger partial charge in [-0.3, -0.25) is 19.2 Å². The van der Waals surface area contributed by atoms with Gasteiger partial charge in [0.15, 0.2) is 0 Å². The number of likely N-dealkylation sites (tertiary alicyclic amines) is 2. The molecule has 11 heteroatoms. The number of hydrogen-bond donors (Lipinski definition) is 3. The van der Waals surface area contributed by atoms with Crippen LogP contribution in [0.3, 0.4) is 0 Å². The number of nitrogens with zero attached hydrogens (tertiary/aromatic N) is 2. The van der Waals surface area contributed by atoms with Gasteiger partial charge < -0.3 is 30.2 Å². The molecule has 2 fully saturated rings. The van der Waals surface area contributed by atoms with E-state index in [1.54, 1.807) is 47.2 Å². The van der Waals surface area contributed by atoms with Crippen LogP contribution in [-0.4, -0.2) is 85.3 Å². The topological polar surface area (TPSA) is 124 Å². The second-order valence-corrected chi connectivity index (χ2v) is 10.8. The van der Waals surface area contributed by atoms with Crippen LogP contribution >= 0.6 is 11.6 Å². The number of rotatable bonds is 7. The molecule has 3 aromatic rings. The van der Waals surface area contributed by atoms with Crippen LogP contribution in [0.5, 0.6) is 5.75 Å². The molecular formula is C29H32ClN5O5. The Morgan fingerprint density at radius 1 is 1.05 bits per heavy atom. The Morgan fingerprint density at radius 3 is 2.62 bits per heavy atom. The predicted octanol–water partition coefficient (Wildman–Crippen LogP) is 2.08. The van der Waals surface area contributed by atoms with Crippen LogP contribution < -0.4 is 15.4 Å². The molecule has 0 spiro atoms. The molecular weight excluding hydrogens is 534 g/mol. The van der Waals surface area contributed by atoms with E-state index in [0.717, 1.165) is 16.5 Å². The Hall–Kier alpha value is -4.05. The number of piperidine rings is 1. The maximum Gasteiger partial charge on any atom is 0.254 e. The third kappa shape index (κ3) is 5.62. The largest absolute Gasteiger partial charge is 0.497 e. The van der Waals surface area contributed by atoms with Gasteiger partial charge in [-0.25, -0.2) is 0 Å². The first-order valence-corrected chi connectivity index (χ1v) is 13.6. The number of fused-ring (bicyclic) bond motifs is 2. The van der Waals surface area contributed by atoms with E-state index in [-0.39, 0.29) is 55.0 Å². The van der Waals surface area contributed by atoms with Gasteiger partial charge in [-0.1, -0.05) is 23.7 Å². The average molecular weight is 566 g/mol. The summed E-state index contributed by atoms with van der Waals surface area (Å²) in [5.41, 5.74) is 2.20. The number of aromatic amines is 1. The number of benzene rings is 2. The van der Waals surface area contributed by atoms with Crippen LogP contribution in [0.1, 0.15) is 15.9 Å². The Labute approximate surface area is 237 Å². The molecule has 2 aromatic carbocycles. The standard InChI is InChI=1S/C29H32ClN5O5/c1-31-26(36)12-33-28(38)24-16-34(27(37)9-18-11-32-25-10-20(30)6-7-22(18)25)13-19-14-35(15-23(19)24)29(39)17-4-3-5-21(8-17)40-2/h3-8,10-11,19,23-24,32H,9,12-16H2,1-2H3,(H,31,36)(H,33,38). The van der Waals surface area contributed by atoms with Gasteiger partial charge in [0.2, 0.25) is 17.7 Å². The van der Waals surface area contributed by atoms with Gasteiger partial charge in [0, 0.05) is 60.9 Å². The molecule has 2 aliphatic rings. The quantitative estimate of drug-likeness (QED) is 0.405. The van der Waals surface area contributed by atoms with Crippen molar-refractivity contribution in [2.45, 2.75) is 6.42 Å². The van der Waals surface area contributed by atoms with Gasteiger partial charge in [-0.15, -0.1) is 0 Å².